The number of nitrogens with zero attached hydrogens (tertiary/aromatic N) is 1. The van der Waals surface area contributed by atoms with Crippen molar-refractivity contribution in [3.8, 4) is 5.75 Å². The monoisotopic (exact) mass is 394 g/mol. The van der Waals surface area contributed by atoms with Gasteiger partial charge in [0.1, 0.15) is 11.6 Å². The predicted molar refractivity (Wildman–Crippen MR) is 103 cm³/mol. The lowest BCUT2D eigenvalue weighted by atomic mass is 10.2. The molecule has 1 N–H and O–H groups in total. The van der Waals surface area contributed by atoms with E-state index >= 15 is 0 Å². The number of benzene rings is 2. The Morgan fingerprint density at radius 1 is 1.15 bits per heavy atom. The van der Waals surface area contributed by atoms with Crippen molar-refractivity contribution in [1.29, 1.82) is 0 Å². The number of sulfonamides is 1. The molecule has 2 aromatic rings. The molecule has 0 radical (unpaired) electrons. The standard InChI is InChI=1S/C19H23FN2O4S/c1-26-18-7-4-3-6-15(18)14-21-19(23)8-5-13-22(27(2,24)25)17-11-9-16(20)10-12-17/h3-4,6-7,9-12H,5,8,13-14H2,1-2H3,(H,21,23). The Morgan fingerprint density at radius 3 is 2.44 bits per heavy atom. The van der Waals surface area contributed by atoms with Crippen molar-refractivity contribution in [2.24, 2.45) is 0 Å². The van der Waals surface area contributed by atoms with E-state index in [1.54, 1.807) is 7.11 Å². The number of para-hydroxylation sites is 1. The van der Waals surface area contributed by atoms with E-state index in [0.717, 1.165) is 11.8 Å². The second-order valence-electron chi connectivity index (χ2n) is 6.00. The zero-order chi connectivity index (χ0) is 19.9. The lowest BCUT2D eigenvalue weighted by Crippen LogP contribution is -2.32. The van der Waals surface area contributed by atoms with Crippen LogP contribution in [0.2, 0.25) is 0 Å². The summed E-state index contributed by atoms with van der Waals surface area (Å²) >= 11 is 0. The summed E-state index contributed by atoms with van der Waals surface area (Å²) in [6.45, 7) is 0.461. The van der Waals surface area contributed by atoms with Gasteiger partial charge in [0.15, 0.2) is 0 Å². The van der Waals surface area contributed by atoms with Gasteiger partial charge in [-0.1, -0.05) is 18.2 Å². The van der Waals surface area contributed by atoms with Crippen LogP contribution in [0.5, 0.6) is 5.75 Å². The maximum atomic E-state index is 13.1. The molecule has 8 heteroatoms. The third kappa shape index (κ3) is 6.25. The van der Waals surface area contributed by atoms with Crippen LogP contribution in [0.1, 0.15) is 18.4 Å². The van der Waals surface area contributed by atoms with Crippen molar-refractivity contribution >= 4 is 21.6 Å². The van der Waals surface area contributed by atoms with Gasteiger partial charge in [-0.05, 0) is 36.8 Å². The molecule has 0 saturated heterocycles. The largest absolute Gasteiger partial charge is 0.496 e. The third-order valence-corrected chi connectivity index (χ3v) is 5.14. The van der Waals surface area contributed by atoms with Crippen LogP contribution in [0.3, 0.4) is 0 Å². The van der Waals surface area contributed by atoms with Crippen molar-refractivity contribution in [1.82, 2.24) is 5.32 Å². The Morgan fingerprint density at radius 2 is 1.81 bits per heavy atom. The molecule has 6 nitrogen and oxygen atoms in total. The summed E-state index contributed by atoms with van der Waals surface area (Å²) < 4.78 is 43.4. The number of anilines is 1. The van der Waals surface area contributed by atoms with Gasteiger partial charge in [-0.15, -0.1) is 0 Å². The Balaban J connectivity index is 1.89. The normalized spacial score (nSPS) is 11.1. The summed E-state index contributed by atoms with van der Waals surface area (Å²) in [6, 6.07) is 12.6. The molecule has 0 saturated carbocycles. The third-order valence-electron chi connectivity index (χ3n) is 3.95. The highest BCUT2D eigenvalue weighted by Crippen LogP contribution is 2.19. The average molecular weight is 394 g/mol. The number of hydrogen-bond donors (Lipinski definition) is 1. The van der Waals surface area contributed by atoms with Gasteiger partial charge in [0, 0.05) is 25.1 Å². The predicted octanol–water partition coefficient (Wildman–Crippen LogP) is 2.70. The van der Waals surface area contributed by atoms with E-state index in [1.165, 1.54) is 28.6 Å². The summed E-state index contributed by atoms with van der Waals surface area (Å²) in [5.74, 6) is 0.0637. The summed E-state index contributed by atoms with van der Waals surface area (Å²) in [4.78, 5) is 12.1. The molecule has 2 aromatic carbocycles. The molecule has 0 fully saturated rings. The number of halogens is 1. The Bertz CT molecular complexity index is 870. The highest BCUT2D eigenvalue weighted by atomic mass is 32.2. The zero-order valence-electron chi connectivity index (χ0n) is 15.3. The van der Waals surface area contributed by atoms with Crippen molar-refractivity contribution < 1.29 is 22.3 Å². The average Bonchev–Trinajstić information content (AvgIpc) is 2.64. The number of amides is 1. The van der Waals surface area contributed by atoms with E-state index in [-0.39, 0.29) is 18.9 Å². The second-order valence-corrected chi connectivity index (χ2v) is 7.91. The van der Waals surface area contributed by atoms with Gasteiger partial charge < -0.3 is 10.1 Å². The minimum absolute atomic E-state index is 0.131. The van der Waals surface area contributed by atoms with Gasteiger partial charge in [0.05, 0.1) is 19.1 Å². The summed E-state index contributed by atoms with van der Waals surface area (Å²) in [5, 5.41) is 2.80. The van der Waals surface area contributed by atoms with Crippen LogP contribution in [-0.4, -0.2) is 34.2 Å². The molecule has 1 amide bonds. The van der Waals surface area contributed by atoms with Gasteiger partial charge in [0.25, 0.3) is 0 Å². The lowest BCUT2D eigenvalue weighted by Gasteiger charge is -2.22. The first-order chi connectivity index (χ1) is 12.8. The fourth-order valence-electron chi connectivity index (χ4n) is 2.61. The van der Waals surface area contributed by atoms with Crippen LogP contribution in [0.4, 0.5) is 10.1 Å². The number of ether oxygens (including phenoxy) is 1. The first kappa shape index (κ1) is 20.7. The molecule has 0 heterocycles. The maximum absolute atomic E-state index is 13.1. The molecule has 0 aliphatic rings. The van der Waals surface area contributed by atoms with Gasteiger partial charge >= 0.3 is 0 Å². The smallest absolute Gasteiger partial charge is 0.232 e. The van der Waals surface area contributed by atoms with E-state index in [4.69, 9.17) is 4.74 Å². The van der Waals surface area contributed by atoms with Crippen LogP contribution < -0.4 is 14.4 Å². The summed E-state index contributed by atoms with van der Waals surface area (Å²) in [7, 11) is -1.97. The second kappa shape index (κ2) is 9.36. The van der Waals surface area contributed by atoms with Gasteiger partial charge in [-0.2, -0.15) is 0 Å². The van der Waals surface area contributed by atoms with Gasteiger partial charge in [-0.25, -0.2) is 12.8 Å². The highest BCUT2D eigenvalue weighted by Gasteiger charge is 2.17. The van der Waals surface area contributed by atoms with Crippen LogP contribution >= 0.6 is 0 Å². The molecular formula is C19H23FN2O4S. The lowest BCUT2D eigenvalue weighted by molar-refractivity contribution is -0.121. The van der Waals surface area contributed by atoms with Crippen molar-refractivity contribution in [3.05, 3.63) is 59.9 Å². The van der Waals surface area contributed by atoms with Crippen LogP contribution in [0.25, 0.3) is 0 Å². The minimum atomic E-state index is -3.53. The fourth-order valence-corrected chi connectivity index (χ4v) is 3.57. The van der Waals surface area contributed by atoms with E-state index in [2.05, 4.69) is 5.32 Å². The molecular weight excluding hydrogens is 371 g/mol. The van der Waals surface area contributed by atoms with E-state index < -0.39 is 15.8 Å². The summed E-state index contributed by atoms with van der Waals surface area (Å²) in [5.41, 5.74) is 1.23. The topological polar surface area (TPSA) is 75.7 Å². The molecule has 0 atom stereocenters. The zero-order valence-corrected chi connectivity index (χ0v) is 16.1. The number of hydrogen-bond acceptors (Lipinski definition) is 4. The van der Waals surface area contributed by atoms with Crippen molar-refractivity contribution in [3.63, 3.8) is 0 Å². The number of rotatable bonds is 9. The van der Waals surface area contributed by atoms with Crippen molar-refractivity contribution in [2.45, 2.75) is 19.4 Å². The number of carbonyl (C=O) groups excluding carboxylic acids is 1. The maximum Gasteiger partial charge on any atom is 0.232 e. The molecule has 27 heavy (non-hydrogen) atoms. The molecule has 0 unspecified atom stereocenters. The number of methoxy groups -OCH3 is 1. The quantitative estimate of drug-likeness (QED) is 0.710. The number of carbonyl (C=O) groups is 1. The van der Waals surface area contributed by atoms with Crippen LogP contribution in [0.15, 0.2) is 48.5 Å². The molecule has 0 bridgehead atoms. The Kier molecular flexibility index (Phi) is 7.18. The van der Waals surface area contributed by atoms with E-state index in [0.29, 0.717) is 24.4 Å². The summed E-state index contributed by atoms with van der Waals surface area (Å²) in [6.07, 6.45) is 1.59. The van der Waals surface area contributed by atoms with Crippen LogP contribution in [0, 0.1) is 5.82 Å². The van der Waals surface area contributed by atoms with Gasteiger partial charge in [-0.3, -0.25) is 9.10 Å². The molecule has 0 aliphatic carbocycles. The van der Waals surface area contributed by atoms with Gasteiger partial charge in [0.2, 0.25) is 15.9 Å². The molecule has 0 aromatic heterocycles. The number of nitrogens with one attached hydrogen (secondary N) is 1. The molecule has 0 aliphatic heterocycles. The highest BCUT2D eigenvalue weighted by molar-refractivity contribution is 7.92. The molecule has 2 rings (SSSR count). The molecule has 0 spiro atoms. The van der Waals surface area contributed by atoms with E-state index in [9.17, 15) is 17.6 Å². The van der Waals surface area contributed by atoms with Crippen molar-refractivity contribution in [2.75, 3.05) is 24.2 Å². The SMILES string of the molecule is COc1ccccc1CNC(=O)CCCN(c1ccc(F)cc1)S(C)(=O)=O. The van der Waals surface area contributed by atoms with E-state index in [1.807, 2.05) is 24.3 Å². The first-order valence-electron chi connectivity index (χ1n) is 8.43. The fraction of sp³-hybridized carbons (Fsp3) is 0.316. The Labute approximate surface area is 159 Å². The first-order valence-corrected chi connectivity index (χ1v) is 10.3. The molecule has 146 valence electrons. The Hall–Kier alpha value is -2.61. The minimum Gasteiger partial charge on any atom is -0.496 e. The van der Waals surface area contributed by atoms with Crippen LogP contribution in [-0.2, 0) is 21.4 Å².